The van der Waals surface area contributed by atoms with E-state index in [1.807, 2.05) is 6.92 Å². The lowest BCUT2D eigenvalue weighted by Gasteiger charge is -2.37. The summed E-state index contributed by atoms with van der Waals surface area (Å²) in [5.74, 6) is 0.691. The average Bonchev–Trinajstić information content (AvgIpc) is 3.42. The highest BCUT2D eigenvalue weighted by Gasteiger charge is 2.38. The first-order valence-corrected chi connectivity index (χ1v) is 14.0. The molecule has 2 aromatic carbocycles. The third-order valence-electron chi connectivity index (χ3n) is 6.98. The predicted octanol–water partition coefficient (Wildman–Crippen LogP) is 2.41. The van der Waals surface area contributed by atoms with Crippen LogP contribution in [-0.4, -0.2) is 84.3 Å². The Morgan fingerprint density at radius 3 is 2.59 bits per heavy atom. The molecule has 1 N–H and O–H groups in total. The largest absolute Gasteiger partial charge is 0.487 e. The molecule has 12 heteroatoms. The Balaban J connectivity index is 1.49. The Morgan fingerprint density at radius 2 is 1.85 bits per heavy atom. The Hall–Kier alpha value is -3.74. The van der Waals surface area contributed by atoms with Crippen molar-refractivity contribution in [3.05, 3.63) is 60.7 Å². The van der Waals surface area contributed by atoms with Gasteiger partial charge in [0.05, 0.1) is 13.2 Å². The molecule has 0 unspecified atom stereocenters. The van der Waals surface area contributed by atoms with Crippen molar-refractivity contribution in [2.45, 2.75) is 30.9 Å². The van der Waals surface area contributed by atoms with Gasteiger partial charge in [-0.1, -0.05) is 13.0 Å². The minimum atomic E-state index is -3.99. The molecule has 0 fully saturated rings. The molecule has 1 aromatic heterocycles. The molecule has 11 nitrogen and oxygen atoms in total. The quantitative estimate of drug-likeness (QED) is 0.488. The van der Waals surface area contributed by atoms with E-state index >= 15 is 0 Å². The Bertz CT molecular complexity index is 1470. The molecule has 0 bridgehead atoms. The van der Waals surface area contributed by atoms with Crippen molar-refractivity contribution in [1.29, 1.82) is 0 Å². The van der Waals surface area contributed by atoms with E-state index in [2.05, 4.69) is 9.97 Å². The molecule has 206 valence electrons. The molecule has 0 saturated carbocycles. The first-order valence-electron chi connectivity index (χ1n) is 12.5. The van der Waals surface area contributed by atoms with Gasteiger partial charge in [0.15, 0.2) is 11.5 Å². The maximum absolute atomic E-state index is 13.7. The van der Waals surface area contributed by atoms with Crippen LogP contribution in [0.5, 0.6) is 17.2 Å². The van der Waals surface area contributed by atoms with Gasteiger partial charge < -0.3 is 24.2 Å². The zero-order valence-corrected chi connectivity index (χ0v) is 22.7. The number of aliphatic hydroxyl groups excluding tert-OH is 1. The van der Waals surface area contributed by atoms with Gasteiger partial charge in [0, 0.05) is 49.1 Å². The first-order chi connectivity index (χ1) is 18.7. The third kappa shape index (κ3) is 5.27. The van der Waals surface area contributed by atoms with E-state index in [9.17, 15) is 18.3 Å². The SMILES string of the molecule is C[C@H]1CN([C@@H](C)CO)S(=O)(=O)c2ccc(-c3cncnc3)cc2O[C@H]1CN(C)C(=O)c1ccc2c(c1)OCO2. The summed E-state index contributed by atoms with van der Waals surface area (Å²) < 4.78 is 45.9. The van der Waals surface area contributed by atoms with Crippen LogP contribution in [0, 0.1) is 5.92 Å². The van der Waals surface area contributed by atoms with Crippen molar-refractivity contribution in [3.8, 4) is 28.4 Å². The highest BCUT2D eigenvalue weighted by Crippen LogP contribution is 2.37. The van der Waals surface area contributed by atoms with Gasteiger partial charge in [0.2, 0.25) is 16.8 Å². The number of benzene rings is 2. The Kier molecular flexibility index (Phi) is 7.43. The average molecular weight is 555 g/mol. The fourth-order valence-electron chi connectivity index (χ4n) is 4.67. The summed E-state index contributed by atoms with van der Waals surface area (Å²) in [5, 5.41) is 9.86. The van der Waals surface area contributed by atoms with Crippen molar-refractivity contribution in [3.63, 3.8) is 0 Å². The summed E-state index contributed by atoms with van der Waals surface area (Å²) in [6.45, 7) is 3.60. The summed E-state index contributed by atoms with van der Waals surface area (Å²) in [6, 6.07) is 9.19. The van der Waals surface area contributed by atoms with Crippen LogP contribution in [0.4, 0.5) is 0 Å². The van der Waals surface area contributed by atoms with Crippen molar-refractivity contribution in [2.24, 2.45) is 5.92 Å². The normalized spacial score (nSPS) is 20.7. The van der Waals surface area contributed by atoms with E-state index in [-0.39, 0.29) is 49.0 Å². The number of ether oxygens (including phenoxy) is 3. The molecule has 2 aliphatic rings. The van der Waals surface area contributed by atoms with Crippen molar-refractivity contribution in [2.75, 3.05) is 33.5 Å². The summed E-state index contributed by atoms with van der Waals surface area (Å²) in [5.41, 5.74) is 1.82. The molecule has 0 radical (unpaired) electrons. The Morgan fingerprint density at radius 1 is 1.10 bits per heavy atom. The number of carbonyl (C=O) groups is 1. The van der Waals surface area contributed by atoms with Crippen LogP contribution >= 0.6 is 0 Å². The van der Waals surface area contributed by atoms with Gasteiger partial charge >= 0.3 is 0 Å². The maximum atomic E-state index is 13.7. The van der Waals surface area contributed by atoms with E-state index in [1.54, 1.807) is 61.6 Å². The lowest BCUT2D eigenvalue weighted by atomic mass is 10.0. The molecular weight excluding hydrogens is 524 g/mol. The van der Waals surface area contributed by atoms with Crippen molar-refractivity contribution < 1.29 is 32.5 Å². The number of aromatic nitrogens is 2. The third-order valence-corrected chi connectivity index (χ3v) is 9.00. The number of rotatable bonds is 6. The monoisotopic (exact) mass is 554 g/mol. The van der Waals surface area contributed by atoms with Gasteiger partial charge in [0.25, 0.3) is 5.91 Å². The van der Waals surface area contributed by atoms with Crippen LogP contribution in [0.25, 0.3) is 11.1 Å². The highest BCUT2D eigenvalue weighted by molar-refractivity contribution is 7.89. The van der Waals surface area contributed by atoms with Gasteiger partial charge in [-0.3, -0.25) is 4.79 Å². The number of sulfonamides is 1. The van der Waals surface area contributed by atoms with E-state index in [4.69, 9.17) is 14.2 Å². The van der Waals surface area contributed by atoms with Crippen molar-refractivity contribution >= 4 is 15.9 Å². The van der Waals surface area contributed by atoms with Crippen LogP contribution in [0.3, 0.4) is 0 Å². The molecule has 39 heavy (non-hydrogen) atoms. The number of hydrogen-bond acceptors (Lipinski definition) is 9. The number of likely N-dealkylation sites (N-methyl/N-ethyl adjacent to an activating group) is 1. The zero-order chi connectivity index (χ0) is 27.7. The molecule has 2 aliphatic heterocycles. The van der Waals surface area contributed by atoms with E-state index in [0.717, 1.165) is 0 Å². The molecule has 3 heterocycles. The lowest BCUT2D eigenvalue weighted by Crippen LogP contribution is -2.50. The van der Waals surface area contributed by atoms with Crippen LogP contribution in [0.2, 0.25) is 0 Å². The van der Waals surface area contributed by atoms with Gasteiger partial charge in [-0.25, -0.2) is 18.4 Å². The number of nitrogens with zero attached hydrogens (tertiary/aromatic N) is 4. The number of amides is 1. The summed E-state index contributed by atoms with van der Waals surface area (Å²) >= 11 is 0. The zero-order valence-electron chi connectivity index (χ0n) is 21.9. The number of hydrogen-bond donors (Lipinski definition) is 1. The number of fused-ring (bicyclic) bond motifs is 2. The standard InChI is InChI=1S/C27H30N4O7S/c1-17-12-31(18(2)14-32)39(34,35)26-7-5-19(21-10-28-15-29-11-21)8-24(26)38-25(17)13-30(3)27(33)20-4-6-22-23(9-20)37-16-36-22/h4-11,15,17-18,25,32H,12-14,16H2,1-3H3/t17-,18-,25-/m0/s1. The minimum Gasteiger partial charge on any atom is -0.487 e. The predicted molar refractivity (Wildman–Crippen MR) is 141 cm³/mol. The maximum Gasteiger partial charge on any atom is 0.253 e. The van der Waals surface area contributed by atoms with Gasteiger partial charge in [-0.15, -0.1) is 0 Å². The molecule has 0 aliphatic carbocycles. The molecular formula is C27H30N4O7S. The Labute approximate surface area is 227 Å². The fraction of sp³-hybridized carbons (Fsp3) is 0.370. The first kappa shape index (κ1) is 26.9. The summed E-state index contributed by atoms with van der Waals surface area (Å²) in [6.07, 6.45) is 4.11. The number of carbonyl (C=O) groups excluding carboxylic acids is 1. The fourth-order valence-corrected chi connectivity index (χ4v) is 6.50. The second-order valence-electron chi connectivity index (χ2n) is 9.78. The van der Waals surface area contributed by atoms with Gasteiger partial charge in [-0.05, 0) is 42.8 Å². The van der Waals surface area contributed by atoms with Crippen molar-refractivity contribution in [1.82, 2.24) is 19.2 Å². The smallest absolute Gasteiger partial charge is 0.253 e. The summed E-state index contributed by atoms with van der Waals surface area (Å²) in [7, 11) is -2.32. The highest BCUT2D eigenvalue weighted by atomic mass is 32.2. The molecule has 3 aromatic rings. The van der Waals surface area contributed by atoms with Crippen LogP contribution < -0.4 is 14.2 Å². The molecule has 5 rings (SSSR count). The van der Waals surface area contributed by atoms with E-state index < -0.39 is 22.2 Å². The number of aliphatic hydroxyl groups is 1. The second-order valence-corrected chi connectivity index (χ2v) is 11.6. The van der Waals surface area contributed by atoms with Crippen LogP contribution in [0.1, 0.15) is 24.2 Å². The molecule has 3 atom stereocenters. The lowest BCUT2D eigenvalue weighted by molar-refractivity contribution is 0.0563. The summed E-state index contributed by atoms with van der Waals surface area (Å²) in [4.78, 5) is 22.9. The van der Waals surface area contributed by atoms with Gasteiger partial charge in [-0.2, -0.15) is 4.31 Å². The van der Waals surface area contributed by atoms with E-state index in [0.29, 0.717) is 28.2 Å². The molecule has 0 spiro atoms. The molecule has 0 saturated heterocycles. The minimum absolute atomic E-state index is 0.00921. The molecule has 1 amide bonds. The van der Waals surface area contributed by atoms with Crippen LogP contribution in [-0.2, 0) is 10.0 Å². The van der Waals surface area contributed by atoms with E-state index in [1.165, 1.54) is 16.7 Å². The van der Waals surface area contributed by atoms with Crippen LogP contribution in [0.15, 0.2) is 60.0 Å². The van der Waals surface area contributed by atoms with Gasteiger partial charge in [0.1, 0.15) is 23.1 Å². The second kappa shape index (κ2) is 10.8. The topological polar surface area (TPSA) is 131 Å².